The third kappa shape index (κ3) is 1.31. The van der Waals surface area contributed by atoms with E-state index in [-0.39, 0.29) is 0 Å². The molecule has 3 rings (SSSR count). The highest BCUT2D eigenvalue weighted by molar-refractivity contribution is 6.17. The van der Waals surface area contributed by atoms with Crippen LogP contribution in [0.5, 0.6) is 0 Å². The van der Waals surface area contributed by atoms with Crippen LogP contribution in [0.4, 0.5) is 0 Å². The molecule has 0 bridgehead atoms. The smallest absolute Gasteiger partial charge is 0.135 e. The van der Waals surface area contributed by atoms with Gasteiger partial charge >= 0.3 is 0 Å². The second kappa shape index (κ2) is 3.28. The predicted octanol–water partition coefficient (Wildman–Crippen LogP) is 4.32. The lowest BCUT2D eigenvalue weighted by Gasteiger charge is -1.93. The van der Waals surface area contributed by atoms with Crippen LogP contribution in [0.3, 0.4) is 0 Å². The quantitative estimate of drug-likeness (QED) is 0.552. The van der Waals surface area contributed by atoms with Crippen molar-refractivity contribution in [1.82, 2.24) is 0 Å². The molecule has 0 saturated carbocycles. The van der Waals surface area contributed by atoms with Crippen LogP contribution in [0, 0.1) is 0 Å². The molecule has 1 aromatic heterocycles. The zero-order chi connectivity index (χ0) is 10.3. The number of furan rings is 1. The third-order valence-corrected chi connectivity index (χ3v) is 2.90. The summed E-state index contributed by atoms with van der Waals surface area (Å²) < 4.78 is 5.71. The molecule has 0 unspecified atom stereocenters. The highest BCUT2D eigenvalue weighted by atomic mass is 35.5. The first-order valence-corrected chi connectivity index (χ1v) is 5.38. The topological polar surface area (TPSA) is 13.1 Å². The Balaban J connectivity index is 2.46. The number of halogens is 1. The van der Waals surface area contributed by atoms with Gasteiger partial charge in [-0.25, -0.2) is 0 Å². The fourth-order valence-corrected chi connectivity index (χ4v) is 2.02. The zero-order valence-electron chi connectivity index (χ0n) is 8.03. The fraction of sp³-hybridized carbons (Fsp3) is 0.0769. The molecular weight excluding hydrogens is 208 g/mol. The lowest BCUT2D eigenvalue weighted by molar-refractivity contribution is 0.669. The molecule has 15 heavy (non-hydrogen) atoms. The molecule has 0 atom stereocenters. The summed E-state index contributed by atoms with van der Waals surface area (Å²) >= 11 is 5.81. The molecule has 2 heteroatoms. The molecule has 0 aliphatic carbocycles. The molecule has 0 aliphatic rings. The molecule has 1 heterocycles. The number of rotatable bonds is 1. The van der Waals surface area contributed by atoms with Crippen molar-refractivity contribution in [3.63, 3.8) is 0 Å². The van der Waals surface area contributed by atoms with E-state index in [1.165, 1.54) is 0 Å². The average molecular weight is 217 g/mol. The van der Waals surface area contributed by atoms with Gasteiger partial charge in [0.1, 0.15) is 11.2 Å². The lowest BCUT2D eigenvalue weighted by atomic mass is 10.1. The minimum Gasteiger partial charge on any atom is -0.456 e. The van der Waals surface area contributed by atoms with Crippen LogP contribution in [-0.2, 0) is 5.88 Å². The lowest BCUT2D eigenvalue weighted by Crippen LogP contribution is -1.75. The van der Waals surface area contributed by atoms with Crippen LogP contribution in [-0.4, -0.2) is 0 Å². The molecule has 74 valence electrons. The maximum atomic E-state index is 5.81. The van der Waals surface area contributed by atoms with Gasteiger partial charge in [0.2, 0.25) is 0 Å². The van der Waals surface area contributed by atoms with Crippen molar-refractivity contribution in [2.75, 3.05) is 0 Å². The number of fused-ring (bicyclic) bond motifs is 3. The van der Waals surface area contributed by atoms with E-state index in [4.69, 9.17) is 16.0 Å². The van der Waals surface area contributed by atoms with E-state index in [0.29, 0.717) is 5.88 Å². The van der Waals surface area contributed by atoms with Crippen LogP contribution in [0.15, 0.2) is 46.9 Å². The summed E-state index contributed by atoms with van der Waals surface area (Å²) in [5.74, 6) is 0.537. The Morgan fingerprint density at radius 2 is 1.73 bits per heavy atom. The molecule has 0 aliphatic heterocycles. The van der Waals surface area contributed by atoms with Crippen molar-refractivity contribution >= 4 is 33.5 Å². The van der Waals surface area contributed by atoms with Crippen LogP contribution >= 0.6 is 11.6 Å². The fourth-order valence-electron chi connectivity index (χ4n) is 1.86. The van der Waals surface area contributed by atoms with Crippen molar-refractivity contribution in [1.29, 1.82) is 0 Å². The van der Waals surface area contributed by atoms with Gasteiger partial charge in [-0.1, -0.05) is 24.3 Å². The van der Waals surface area contributed by atoms with E-state index in [0.717, 1.165) is 27.5 Å². The molecule has 0 spiro atoms. The van der Waals surface area contributed by atoms with Crippen molar-refractivity contribution in [3.8, 4) is 0 Å². The van der Waals surface area contributed by atoms with Crippen molar-refractivity contribution in [2.24, 2.45) is 0 Å². The molecular formula is C13H9ClO. The SMILES string of the molecule is ClCc1ccc2oc3ccccc3c2c1. The first-order valence-electron chi connectivity index (χ1n) is 4.84. The maximum absolute atomic E-state index is 5.81. The average Bonchev–Trinajstić information content (AvgIpc) is 2.66. The number of benzene rings is 2. The summed E-state index contributed by atoms with van der Waals surface area (Å²) in [5, 5.41) is 2.29. The second-order valence-corrected chi connectivity index (χ2v) is 3.83. The van der Waals surface area contributed by atoms with E-state index in [1.807, 2.05) is 30.3 Å². The van der Waals surface area contributed by atoms with E-state index in [1.54, 1.807) is 0 Å². The number of hydrogen-bond acceptors (Lipinski definition) is 1. The molecule has 0 fully saturated rings. The van der Waals surface area contributed by atoms with Crippen molar-refractivity contribution < 1.29 is 4.42 Å². The molecule has 0 amide bonds. The van der Waals surface area contributed by atoms with Gasteiger partial charge in [0.15, 0.2) is 0 Å². The summed E-state index contributed by atoms with van der Waals surface area (Å²) in [4.78, 5) is 0. The molecule has 3 aromatic rings. The number of para-hydroxylation sites is 1. The van der Waals surface area contributed by atoms with Gasteiger partial charge in [-0.2, -0.15) is 0 Å². The molecule has 0 N–H and O–H groups in total. The van der Waals surface area contributed by atoms with Crippen LogP contribution in [0.1, 0.15) is 5.56 Å². The molecule has 0 saturated heterocycles. The van der Waals surface area contributed by atoms with Gasteiger partial charge in [-0.3, -0.25) is 0 Å². The Bertz CT molecular complexity index is 625. The van der Waals surface area contributed by atoms with Crippen LogP contribution < -0.4 is 0 Å². The second-order valence-electron chi connectivity index (χ2n) is 3.56. The summed E-state index contributed by atoms with van der Waals surface area (Å²) in [5.41, 5.74) is 2.97. The summed E-state index contributed by atoms with van der Waals surface area (Å²) in [7, 11) is 0. The normalized spacial score (nSPS) is 11.3. The van der Waals surface area contributed by atoms with E-state index in [9.17, 15) is 0 Å². The zero-order valence-corrected chi connectivity index (χ0v) is 8.79. The number of alkyl halides is 1. The minimum absolute atomic E-state index is 0.537. The summed E-state index contributed by atoms with van der Waals surface area (Å²) in [6, 6.07) is 14.1. The highest BCUT2D eigenvalue weighted by Gasteiger charge is 2.05. The Morgan fingerprint density at radius 3 is 2.60 bits per heavy atom. The van der Waals surface area contributed by atoms with Gasteiger partial charge in [0, 0.05) is 16.7 Å². The van der Waals surface area contributed by atoms with Crippen LogP contribution in [0.2, 0.25) is 0 Å². The van der Waals surface area contributed by atoms with E-state index >= 15 is 0 Å². The number of hydrogen-bond donors (Lipinski definition) is 0. The van der Waals surface area contributed by atoms with Gasteiger partial charge in [-0.15, -0.1) is 11.6 Å². The van der Waals surface area contributed by atoms with Crippen molar-refractivity contribution in [3.05, 3.63) is 48.0 Å². The summed E-state index contributed by atoms with van der Waals surface area (Å²) in [6.45, 7) is 0. The minimum atomic E-state index is 0.537. The van der Waals surface area contributed by atoms with Gasteiger partial charge < -0.3 is 4.42 Å². The molecule has 2 aromatic carbocycles. The van der Waals surface area contributed by atoms with Gasteiger partial charge in [0.25, 0.3) is 0 Å². The maximum Gasteiger partial charge on any atom is 0.135 e. The largest absolute Gasteiger partial charge is 0.456 e. The van der Waals surface area contributed by atoms with Crippen molar-refractivity contribution in [2.45, 2.75) is 5.88 Å². The Kier molecular flexibility index (Phi) is 1.93. The molecule has 1 nitrogen and oxygen atoms in total. The first-order chi connectivity index (χ1) is 7.38. The standard InChI is InChI=1S/C13H9ClO/c14-8-9-5-6-13-11(7-9)10-3-1-2-4-12(10)15-13/h1-7H,8H2. The Hall–Kier alpha value is -1.47. The highest BCUT2D eigenvalue weighted by Crippen LogP contribution is 2.29. The third-order valence-electron chi connectivity index (χ3n) is 2.60. The monoisotopic (exact) mass is 216 g/mol. The van der Waals surface area contributed by atoms with Crippen LogP contribution in [0.25, 0.3) is 21.9 Å². The predicted molar refractivity (Wildman–Crippen MR) is 63.3 cm³/mol. The molecule has 0 radical (unpaired) electrons. The van der Waals surface area contributed by atoms with E-state index < -0.39 is 0 Å². The first kappa shape index (κ1) is 8.81. The van der Waals surface area contributed by atoms with Gasteiger partial charge in [0.05, 0.1) is 0 Å². The Labute approximate surface area is 92.3 Å². The Morgan fingerprint density at radius 1 is 0.933 bits per heavy atom. The van der Waals surface area contributed by atoms with Gasteiger partial charge in [-0.05, 0) is 23.8 Å². The van der Waals surface area contributed by atoms with E-state index in [2.05, 4.69) is 12.1 Å². The summed E-state index contributed by atoms with van der Waals surface area (Å²) in [6.07, 6.45) is 0.